The number of carbonyl (C=O) groups is 1. The lowest BCUT2D eigenvalue weighted by atomic mass is 9.81. The van der Waals surface area contributed by atoms with Gasteiger partial charge in [-0.25, -0.2) is 0 Å². The number of thioether (sulfide) groups is 1. The summed E-state index contributed by atoms with van der Waals surface area (Å²) in [5, 5.41) is 22.0. The summed E-state index contributed by atoms with van der Waals surface area (Å²) in [5.74, 6) is 1.01. The molecule has 0 bridgehead atoms. The van der Waals surface area contributed by atoms with E-state index in [1.165, 1.54) is 44.1 Å². The molecular weight excluding hydrogens is 516 g/mol. The zero-order chi connectivity index (χ0) is 29.1. The number of esters is 1. The van der Waals surface area contributed by atoms with Gasteiger partial charge in [-0.05, 0) is 61.8 Å². The van der Waals surface area contributed by atoms with E-state index in [4.69, 9.17) is 4.74 Å². The normalized spacial score (nSPS) is 20.1. The van der Waals surface area contributed by atoms with Crippen molar-refractivity contribution in [2.45, 2.75) is 154 Å². The van der Waals surface area contributed by atoms with Gasteiger partial charge in [0.2, 0.25) is 0 Å². The van der Waals surface area contributed by atoms with Crippen LogP contribution in [0.15, 0.2) is 30.3 Å². The topological polar surface area (TPSA) is 66.8 Å². The van der Waals surface area contributed by atoms with E-state index in [9.17, 15) is 15.0 Å². The summed E-state index contributed by atoms with van der Waals surface area (Å²) in [7, 11) is 0. The summed E-state index contributed by atoms with van der Waals surface area (Å²) in [4.78, 5) is 12.0. The van der Waals surface area contributed by atoms with Crippen LogP contribution in [0.5, 0.6) is 0 Å². The molecule has 0 spiro atoms. The predicted octanol–water partition coefficient (Wildman–Crippen LogP) is 8.90. The van der Waals surface area contributed by atoms with Gasteiger partial charge >= 0.3 is 5.97 Å². The van der Waals surface area contributed by atoms with E-state index >= 15 is 0 Å². The van der Waals surface area contributed by atoms with E-state index in [2.05, 4.69) is 45.0 Å². The second kappa shape index (κ2) is 20.8. The SMILES string of the molecule is CCCCCCCCCCOC(=O)CCCCCCC1C(O)CCC1SCC(O)C(C)(C)CCc1ccccc1. The van der Waals surface area contributed by atoms with Gasteiger partial charge in [0.25, 0.3) is 0 Å². The Morgan fingerprint density at radius 1 is 0.950 bits per heavy atom. The Bertz CT molecular complexity index is 768. The summed E-state index contributed by atoms with van der Waals surface area (Å²) in [6.07, 6.45) is 19.0. The third-order valence-electron chi connectivity index (χ3n) is 8.92. The molecule has 0 aliphatic heterocycles. The van der Waals surface area contributed by atoms with Gasteiger partial charge in [0.1, 0.15) is 0 Å². The third kappa shape index (κ3) is 14.7. The van der Waals surface area contributed by atoms with Crippen LogP contribution in [-0.2, 0) is 16.0 Å². The molecule has 1 aliphatic carbocycles. The van der Waals surface area contributed by atoms with Crippen LogP contribution in [0, 0.1) is 11.3 Å². The number of rotatable bonds is 23. The van der Waals surface area contributed by atoms with E-state index in [1.807, 2.05) is 17.8 Å². The smallest absolute Gasteiger partial charge is 0.305 e. The van der Waals surface area contributed by atoms with Crippen molar-refractivity contribution in [3.63, 3.8) is 0 Å². The van der Waals surface area contributed by atoms with Crippen molar-refractivity contribution in [2.24, 2.45) is 11.3 Å². The molecule has 0 aromatic heterocycles. The van der Waals surface area contributed by atoms with Crippen molar-refractivity contribution >= 4 is 17.7 Å². The van der Waals surface area contributed by atoms with Gasteiger partial charge in [-0.1, -0.05) is 115 Å². The molecule has 2 N–H and O–H groups in total. The fourth-order valence-corrected chi connectivity index (χ4v) is 7.56. The maximum atomic E-state index is 12.0. The van der Waals surface area contributed by atoms with Gasteiger partial charge < -0.3 is 14.9 Å². The predicted molar refractivity (Wildman–Crippen MR) is 171 cm³/mol. The zero-order valence-corrected chi connectivity index (χ0v) is 26.8. The Hall–Kier alpha value is -1.04. The number of hydrogen-bond acceptors (Lipinski definition) is 5. The van der Waals surface area contributed by atoms with E-state index in [0.717, 1.165) is 76.4 Å². The molecule has 5 heteroatoms. The highest BCUT2D eigenvalue weighted by molar-refractivity contribution is 7.99. The number of aliphatic hydroxyl groups excluding tert-OH is 2. The quantitative estimate of drug-likeness (QED) is 0.101. The first kappa shape index (κ1) is 35.2. The number of benzene rings is 1. The largest absolute Gasteiger partial charge is 0.466 e. The first-order valence-electron chi connectivity index (χ1n) is 16.5. The fraction of sp³-hybridized carbons (Fsp3) is 0.800. The monoisotopic (exact) mass is 576 g/mol. The summed E-state index contributed by atoms with van der Waals surface area (Å²) in [6, 6.07) is 10.5. The molecule has 1 fully saturated rings. The second-order valence-corrected chi connectivity index (χ2v) is 14.1. The van der Waals surface area contributed by atoms with Gasteiger partial charge in [-0.15, -0.1) is 0 Å². The van der Waals surface area contributed by atoms with Crippen LogP contribution in [0.1, 0.15) is 135 Å². The van der Waals surface area contributed by atoms with Crippen LogP contribution in [0.2, 0.25) is 0 Å². The summed E-state index contributed by atoms with van der Waals surface area (Å²) < 4.78 is 5.42. The molecule has 1 aromatic rings. The molecule has 1 saturated carbocycles. The average molecular weight is 577 g/mol. The average Bonchev–Trinajstić information content (AvgIpc) is 3.30. The lowest BCUT2D eigenvalue weighted by molar-refractivity contribution is -0.143. The molecule has 0 amide bonds. The molecule has 40 heavy (non-hydrogen) atoms. The number of unbranched alkanes of at least 4 members (excludes halogenated alkanes) is 10. The van der Waals surface area contributed by atoms with Crippen LogP contribution in [0.3, 0.4) is 0 Å². The highest BCUT2D eigenvalue weighted by atomic mass is 32.2. The molecule has 0 heterocycles. The van der Waals surface area contributed by atoms with Gasteiger partial charge in [0.05, 0.1) is 18.8 Å². The van der Waals surface area contributed by atoms with Crippen molar-refractivity contribution in [2.75, 3.05) is 12.4 Å². The van der Waals surface area contributed by atoms with Crippen molar-refractivity contribution in [3.8, 4) is 0 Å². The summed E-state index contributed by atoms with van der Waals surface area (Å²) in [5.41, 5.74) is 1.19. The molecule has 0 saturated heterocycles. The number of carbonyl (C=O) groups excluding carboxylic acids is 1. The van der Waals surface area contributed by atoms with Crippen molar-refractivity contribution in [1.82, 2.24) is 0 Å². The fourth-order valence-electron chi connectivity index (χ4n) is 5.81. The van der Waals surface area contributed by atoms with E-state index < -0.39 is 0 Å². The minimum absolute atomic E-state index is 0.0455. The molecule has 4 nitrogen and oxygen atoms in total. The first-order chi connectivity index (χ1) is 19.3. The number of aliphatic hydroxyl groups is 2. The lowest BCUT2D eigenvalue weighted by Crippen LogP contribution is -2.33. The molecule has 4 unspecified atom stereocenters. The Morgan fingerprint density at radius 2 is 1.60 bits per heavy atom. The highest BCUT2D eigenvalue weighted by Gasteiger charge is 2.36. The maximum Gasteiger partial charge on any atom is 0.305 e. The maximum absolute atomic E-state index is 12.0. The Morgan fingerprint density at radius 3 is 2.33 bits per heavy atom. The minimum atomic E-state index is -0.352. The lowest BCUT2D eigenvalue weighted by Gasteiger charge is -2.32. The van der Waals surface area contributed by atoms with Crippen molar-refractivity contribution < 1.29 is 19.7 Å². The Labute approximate surface area is 250 Å². The first-order valence-corrected chi connectivity index (χ1v) is 17.6. The summed E-state index contributed by atoms with van der Waals surface area (Å²) in [6.45, 7) is 7.17. The highest BCUT2D eigenvalue weighted by Crippen LogP contribution is 2.40. The van der Waals surface area contributed by atoms with Crippen LogP contribution in [0.25, 0.3) is 0 Å². The standard InChI is InChI=1S/C35H60O4S/c1-4-5-6-7-8-9-12-18-27-39-34(38)22-17-11-10-16-21-30-31(36)23-24-32(30)40-28-33(37)35(2,3)26-25-29-19-14-13-15-20-29/h13-15,19-20,30-33,36-37H,4-12,16-18,21-28H2,1-3H3. The van der Waals surface area contributed by atoms with Gasteiger partial charge in [0.15, 0.2) is 0 Å². The van der Waals surface area contributed by atoms with Crippen LogP contribution >= 0.6 is 11.8 Å². The second-order valence-electron chi connectivity index (χ2n) is 12.8. The molecule has 2 rings (SSSR count). The van der Waals surface area contributed by atoms with E-state index in [1.54, 1.807) is 0 Å². The van der Waals surface area contributed by atoms with E-state index in [0.29, 0.717) is 24.2 Å². The third-order valence-corrected chi connectivity index (χ3v) is 10.4. The Balaban J connectivity index is 1.52. The molecule has 0 radical (unpaired) electrons. The van der Waals surface area contributed by atoms with Gasteiger partial charge in [-0.3, -0.25) is 4.79 Å². The van der Waals surface area contributed by atoms with Crippen LogP contribution in [0.4, 0.5) is 0 Å². The molecule has 1 aliphatic rings. The number of aryl methyl sites for hydroxylation is 1. The van der Waals surface area contributed by atoms with Crippen LogP contribution < -0.4 is 0 Å². The molecule has 230 valence electrons. The number of hydrogen-bond donors (Lipinski definition) is 2. The Kier molecular flexibility index (Phi) is 18.3. The molecule has 1 aromatic carbocycles. The van der Waals surface area contributed by atoms with Crippen molar-refractivity contribution in [3.05, 3.63) is 35.9 Å². The van der Waals surface area contributed by atoms with Crippen molar-refractivity contribution in [1.29, 1.82) is 0 Å². The van der Waals surface area contributed by atoms with Gasteiger partial charge in [-0.2, -0.15) is 11.8 Å². The minimum Gasteiger partial charge on any atom is -0.466 e. The number of ether oxygens (including phenoxy) is 1. The summed E-state index contributed by atoms with van der Waals surface area (Å²) >= 11 is 1.87. The van der Waals surface area contributed by atoms with Crippen LogP contribution in [-0.4, -0.2) is 46.0 Å². The van der Waals surface area contributed by atoms with Gasteiger partial charge in [0, 0.05) is 17.4 Å². The zero-order valence-electron chi connectivity index (χ0n) is 26.0. The molecular formula is C35H60O4S. The van der Waals surface area contributed by atoms with E-state index in [-0.39, 0.29) is 23.6 Å². The molecule has 4 atom stereocenters.